The van der Waals surface area contributed by atoms with E-state index in [0.29, 0.717) is 25.8 Å². The van der Waals surface area contributed by atoms with Crippen LogP contribution in [0, 0.1) is 6.92 Å². The number of β-amino-alcohol motifs (C(OH)–C–C–N with tert-alkyl or cyclic N) is 1. The number of nitrogens with zero attached hydrogens (tertiary/aromatic N) is 1. The Morgan fingerprint density at radius 1 is 1.32 bits per heavy atom. The molecule has 2 aliphatic rings. The Labute approximate surface area is 151 Å². The topological polar surface area (TPSA) is 54.0 Å². The molecule has 0 amide bonds. The molecule has 3 rings (SSSR count). The summed E-state index contributed by atoms with van der Waals surface area (Å²) in [6.07, 6.45) is 4.24. The van der Waals surface area contributed by atoms with Crippen molar-refractivity contribution in [2.75, 3.05) is 44.8 Å². The average molecular weight is 348 g/mol. The molecule has 0 saturated carbocycles. The third-order valence-corrected chi connectivity index (χ3v) is 5.08. The van der Waals surface area contributed by atoms with Gasteiger partial charge in [-0.15, -0.1) is 0 Å². The number of benzene rings is 1. The fourth-order valence-electron chi connectivity index (χ4n) is 3.69. The van der Waals surface area contributed by atoms with Crippen molar-refractivity contribution >= 4 is 5.69 Å². The number of aliphatic hydroxyl groups is 1. The Kier molecular flexibility index (Phi) is 7.11. The van der Waals surface area contributed by atoms with Gasteiger partial charge in [0.2, 0.25) is 0 Å². The summed E-state index contributed by atoms with van der Waals surface area (Å²) in [5, 5.41) is 13.8. The summed E-state index contributed by atoms with van der Waals surface area (Å²) in [5.41, 5.74) is 2.49. The first kappa shape index (κ1) is 18.6. The number of hydrogen-bond donors (Lipinski definition) is 2. The number of rotatable bonds is 8. The summed E-state index contributed by atoms with van der Waals surface area (Å²) in [6, 6.07) is 9.07. The normalized spacial score (nSPS) is 23.7. The van der Waals surface area contributed by atoms with Crippen molar-refractivity contribution in [2.45, 2.75) is 50.9 Å². The molecule has 0 spiro atoms. The van der Waals surface area contributed by atoms with E-state index in [4.69, 9.17) is 9.47 Å². The van der Waals surface area contributed by atoms with E-state index in [1.807, 2.05) is 0 Å². The largest absolute Gasteiger partial charge is 0.389 e. The lowest BCUT2D eigenvalue weighted by atomic mass is 10.0. The Balaban J connectivity index is 1.30. The van der Waals surface area contributed by atoms with Crippen LogP contribution in [0.1, 0.15) is 31.2 Å². The lowest BCUT2D eigenvalue weighted by Crippen LogP contribution is -2.43. The molecule has 2 N–H and O–H groups in total. The van der Waals surface area contributed by atoms with Crippen molar-refractivity contribution in [1.29, 1.82) is 0 Å². The van der Waals surface area contributed by atoms with Gasteiger partial charge in [0, 0.05) is 38.0 Å². The van der Waals surface area contributed by atoms with Crippen molar-refractivity contribution in [2.24, 2.45) is 0 Å². The highest BCUT2D eigenvalue weighted by atomic mass is 16.5. The van der Waals surface area contributed by atoms with Crippen LogP contribution in [-0.4, -0.2) is 67.7 Å². The molecule has 2 saturated heterocycles. The molecule has 140 valence electrons. The molecule has 5 heteroatoms. The van der Waals surface area contributed by atoms with Gasteiger partial charge in [-0.2, -0.15) is 0 Å². The van der Waals surface area contributed by atoms with Crippen LogP contribution >= 0.6 is 0 Å². The van der Waals surface area contributed by atoms with Gasteiger partial charge >= 0.3 is 0 Å². The number of hydrogen-bond acceptors (Lipinski definition) is 5. The molecular formula is C20H32N2O3. The maximum atomic E-state index is 10.2. The SMILES string of the molecule is Cc1cccc(NC2CCN(CC(O)COCC3CCCO3)CC2)c1. The first-order valence-corrected chi connectivity index (χ1v) is 9.62. The highest BCUT2D eigenvalue weighted by Crippen LogP contribution is 2.18. The van der Waals surface area contributed by atoms with Crippen LogP contribution in [-0.2, 0) is 9.47 Å². The second-order valence-corrected chi connectivity index (χ2v) is 7.42. The smallest absolute Gasteiger partial charge is 0.0900 e. The number of nitrogens with one attached hydrogen (secondary N) is 1. The van der Waals surface area contributed by atoms with Gasteiger partial charge in [0.1, 0.15) is 0 Å². The standard InChI is InChI=1S/C20H32N2O3/c1-16-4-2-5-18(12-16)21-17-7-9-22(10-8-17)13-19(23)14-24-15-20-6-3-11-25-20/h2,4-5,12,17,19-21,23H,3,6-11,13-15H2,1H3. The van der Waals surface area contributed by atoms with Gasteiger partial charge in [0.05, 0.1) is 25.4 Å². The Hall–Kier alpha value is -1.14. The summed E-state index contributed by atoms with van der Waals surface area (Å²) in [5.74, 6) is 0. The number of aliphatic hydroxyl groups excluding tert-OH is 1. The molecule has 25 heavy (non-hydrogen) atoms. The summed E-state index contributed by atoms with van der Waals surface area (Å²) in [4.78, 5) is 2.34. The fourth-order valence-corrected chi connectivity index (χ4v) is 3.69. The summed E-state index contributed by atoms with van der Waals surface area (Å²) >= 11 is 0. The predicted molar refractivity (Wildman–Crippen MR) is 100 cm³/mol. The minimum Gasteiger partial charge on any atom is -0.389 e. The van der Waals surface area contributed by atoms with Crippen molar-refractivity contribution in [3.05, 3.63) is 29.8 Å². The van der Waals surface area contributed by atoms with Gasteiger partial charge < -0.3 is 24.8 Å². The Morgan fingerprint density at radius 3 is 2.88 bits per heavy atom. The quantitative estimate of drug-likeness (QED) is 0.756. The maximum absolute atomic E-state index is 10.2. The lowest BCUT2D eigenvalue weighted by molar-refractivity contribution is -0.0265. The molecule has 1 aromatic rings. The van der Waals surface area contributed by atoms with Crippen molar-refractivity contribution in [3.63, 3.8) is 0 Å². The van der Waals surface area contributed by atoms with Gasteiger partial charge in [-0.05, 0) is 50.3 Å². The van der Waals surface area contributed by atoms with E-state index in [0.717, 1.165) is 45.4 Å². The summed E-state index contributed by atoms with van der Waals surface area (Å²) in [7, 11) is 0. The first-order valence-electron chi connectivity index (χ1n) is 9.62. The minimum absolute atomic E-state index is 0.232. The number of ether oxygens (including phenoxy) is 2. The second kappa shape index (κ2) is 9.53. The van der Waals surface area contributed by atoms with Crippen LogP contribution in [0.15, 0.2) is 24.3 Å². The number of aryl methyl sites for hydroxylation is 1. The molecule has 0 radical (unpaired) electrons. The van der Waals surface area contributed by atoms with Crippen LogP contribution in [0.2, 0.25) is 0 Å². The zero-order valence-electron chi connectivity index (χ0n) is 15.3. The van der Waals surface area contributed by atoms with E-state index < -0.39 is 6.10 Å². The molecule has 5 nitrogen and oxygen atoms in total. The molecule has 1 aromatic carbocycles. The van der Waals surface area contributed by atoms with E-state index in [1.165, 1.54) is 11.3 Å². The number of anilines is 1. The molecule has 2 fully saturated rings. The fraction of sp³-hybridized carbons (Fsp3) is 0.700. The van der Waals surface area contributed by atoms with Crippen molar-refractivity contribution in [1.82, 2.24) is 4.90 Å². The highest BCUT2D eigenvalue weighted by molar-refractivity contribution is 5.46. The zero-order valence-corrected chi connectivity index (χ0v) is 15.3. The third-order valence-electron chi connectivity index (χ3n) is 5.08. The zero-order chi connectivity index (χ0) is 17.5. The first-order chi connectivity index (χ1) is 12.2. The summed E-state index contributed by atoms with van der Waals surface area (Å²) in [6.45, 7) is 6.72. The summed E-state index contributed by atoms with van der Waals surface area (Å²) < 4.78 is 11.1. The number of piperidine rings is 1. The van der Waals surface area contributed by atoms with Gasteiger partial charge in [-0.25, -0.2) is 0 Å². The van der Waals surface area contributed by atoms with Crippen LogP contribution in [0.3, 0.4) is 0 Å². The third kappa shape index (κ3) is 6.26. The van der Waals surface area contributed by atoms with Gasteiger partial charge in [0.15, 0.2) is 0 Å². The Morgan fingerprint density at radius 2 is 2.16 bits per heavy atom. The highest BCUT2D eigenvalue weighted by Gasteiger charge is 2.21. The van der Waals surface area contributed by atoms with Crippen LogP contribution < -0.4 is 5.32 Å². The second-order valence-electron chi connectivity index (χ2n) is 7.42. The van der Waals surface area contributed by atoms with Gasteiger partial charge in [0.25, 0.3) is 0 Å². The van der Waals surface area contributed by atoms with Crippen LogP contribution in [0.5, 0.6) is 0 Å². The van der Waals surface area contributed by atoms with Crippen molar-refractivity contribution < 1.29 is 14.6 Å². The van der Waals surface area contributed by atoms with E-state index in [9.17, 15) is 5.11 Å². The van der Waals surface area contributed by atoms with Crippen molar-refractivity contribution in [3.8, 4) is 0 Å². The molecule has 2 unspecified atom stereocenters. The molecule has 2 heterocycles. The molecule has 2 atom stereocenters. The molecule has 0 bridgehead atoms. The molecular weight excluding hydrogens is 316 g/mol. The number of likely N-dealkylation sites (tertiary alicyclic amines) is 1. The van der Waals surface area contributed by atoms with E-state index >= 15 is 0 Å². The van der Waals surface area contributed by atoms with Gasteiger partial charge in [-0.1, -0.05) is 12.1 Å². The molecule has 2 aliphatic heterocycles. The van der Waals surface area contributed by atoms with E-state index in [1.54, 1.807) is 0 Å². The van der Waals surface area contributed by atoms with Crippen LogP contribution in [0.4, 0.5) is 5.69 Å². The van der Waals surface area contributed by atoms with Gasteiger partial charge in [-0.3, -0.25) is 0 Å². The minimum atomic E-state index is -0.414. The molecule has 0 aromatic heterocycles. The predicted octanol–water partition coefficient (Wildman–Crippen LogP) is 2.43. The average Bonchev–Trinajstić information content (AvgIpc) is 3.10. The monoisotopic (exact) mass is 348 g/mol. The lowest BCUT2D eigenvalue weighted by Gasteiger charge is -2.34. The molecule has 0 aliphatic carbocycles. The van der Waals surface area contributed by atoms with E-state index in [2.05, 4.69) is 41.4 Å². The van der Waals surface area contributed by atoms with E-state index in [-0.39, 0.29) is 6.10 Å². The Bertz CT molecular complexity index is 511. The van der Waals surface area contributed by atoms with Crippen LogP contribution in [0.25, 0.3) is 0 Å². The maximum Gasteiger partial charge on any atom is 0.0900 e.